The Bertz CT molecular complexity index is 882. The molecule has 1 heterocycles. The number of amidine groups is 1. The van der Waals surface area contributed by atoms with Gasteiger partial charge < -0.3 is 21.1 Å². The third kappa shape index (κ3) is 6.29. The molecule has 0 saturated carbocycles. The van der Waals surface area contributed by atoms with Crippen LogP contribution in [0.4, 0.5) is 0 Å². The molecular formula is C23H34N6O. The molecule has 7 heteroatoms. The summed E-state index contributed by atoms with van der Waals surface area (Å²) in [5, 5.41) is 23.0. The summed E-state index contributed by atoms with van der Waals surface area (Å²) in [5.74, 6) is 0.982. The van der Waals surface area contributed by atoms with E-state index < -0.39 is 0 Å². The second-order valence-electron chi connectivity index (χ2n) is 7.46. The molecule has 1 aromatic carbocycles. The van der Waals surface area contributed by atoms with Crippen LogP contribution in [-0.2, 0) is 0 Å². The Hall–Kier alpha value is -2.93. The van der Waals surface area contributed by atoms with Gasteiger partial charge in [-0.15, -0.1) is 10.2 Å². The van der Waals surface area contributed by atoms with Gasteiger partial charge in [-0.3, -0.25) is 4.99 Å². The van der Waals surface area contributed by atoms with Crippen LogP contribution in [0.2, 0.25) is 0 Å². The average Bonchev–Trinajstić information content (AvgIpc) is 3.24. The lowest BCUT2D eigenvalue weighted by atomic mass is 10.0. The highest BCUT2D eigenvalue weighted by Crippen LogP contribution is 2.24. The van der Waals surface area contributed by atoms with Crippen molar-refractivity contribution in [1.82, 2.24) is 10.2 Å². The first-order valence-corrected chi connectivity index (χ1v) is 10.3. The monoisotopic (exact) mass is 410 g/mol. The number of aliphatic imine (C=N–C) groups is 1. The van der Waals surface area contributed by atoms with E-state index in [1.54, 1.807) is 25.4 Å². The third-order valence-electron chi connectivity index (χ3n) is 5.31. The van der Waals surface area contributed by atoms with E-state index in [4.69, 9.17) is 5.73 Å². The van der Waals surface area contributed by atoms with Crippen LogP contribution in [-0.4, -0.2) is 61.0 Å². The molecule has 0 aromatic heterocycles. The number of nitrogens with two attached hydrogens (primary N) is 1. The molecule has 0 aliphatic carbocycles. The average molecular weight is 411 g/mol. The number of hydrogen-bond donors (Lipinski definition) is 3. The molecule has 1 aromatic rings. The van der Waals surface area contributed by atoms with Gasteiger partial charge in [0.15, 0.2) is 0 Å². The lowest BCUT2D eigenvalue weighted by Gasteiger charge is -2.16. The van der Waals surface area contributed by atoms with Crippen molar-refractivity contribution < 1.29 is 5.11 Å². The van der Waals surface area contributed by atoms with E-state index >= 15 is 0 Å². The maximum Gasteiger partial charge on any atom is 0.125 e. The fourth-order valence-electron chi connectivity index (χ4n) is 3.15. The predicted molar refractivity (Wildman–Crippen MR) is 127 cm³/mol. The van der Waals surface area contributed by atoms with Crippen molar-refractivity contribution in [3.8, 4) is 5.75 Å². The van der Waals surface area contributed by atoms with Crippen LogP contribution in [0.3, 0.4) is 0 Å². The van der Waals surface area contributed by atoms with Crippen LogP contribution in [0, 0.1) is 0 Å². The third-order valence-corrected chi connectivity index (χ3v) is 5.31. The number of allylic oxidation sites excluding steroid dienone is 3. The molecular weight excluding hydrogens is 376 g/mol. The Morgan fingerprint density at radius 2 is 2.10 bits per heavy atom. The molecule has 0 amide bonds. The maximum atomic E-state index is 10.7. The molecule has 162 valence electrons. The smallest absolute Gasteiger partial charge is 0.125 e. The second-order valence-corrected chi connectivity index (χ2v) is 7.46. The van der Waals surface area contributed by atoms with Crippen molar-refractivity contribution in [2.24, 2.45) is 20.9 Å². The summed E-state index contributed by atoms with van der Waals surface area (Å²) in [5.41, 5.74) is 9.71. The predicted octanol–water partition coefficient (Wildman–Crippen LogP) is 3.16. The highest BCUT2D eigenvalue weighted by Gasteiger charge is 2.21. The van der Waals surface area contributed by atoms with Crippen molar-refractivity contribution in [1.29, 1.82) is 0 Å². The highest BCUT2D eigenvalue weighted by molar-refractivity contribution is 6.11. The van der Waals surface area contributed by atoms with Crippen LogP contribution in [0.15, 0.2) is 51.1 Å². The summed E-state index contributed by atoms with van der Waals surface area (Å²) >= 11 is 0. The van der Waals surface area contributed by atoms with Gasteiger partial charge in [-0.05, 0) is 58.0 Å². The fraction of sp³-hybridized carbons (Fsp3) is 0.435. The lowest BCUT2D eigenvalue weighted by molar-refractivity contribution is 0.474. The SMILES string of the molecule is CC/C(C)=C/C(=N\N=C(/C)N1CCC(NC)C1)c1ccc(/C(N)=C/C=NC)cc1O. The van der Waals surface area contributed by atoms with E-state index in [0.717, 1.165) is 42.9 Å². The van der Waals surface area contributed by atoms with Crippen LogP contribution in [0.25, 0.3) is 5.70 Å². The summed E-state index contributed by atoms with van der Waals surface area (Å²) in [6, 6.07) is 5.81. The van der Waals surface area contributed by atoms with Gasteiger partial charge in [0.05, 0.1) is 5.71 Å². The maximum absolute atomic E-state index is 10.7. The number of aromatic hydroxyl groups is 1. The molecule has 1 atom stereocenters. The molecule has 0 radical (unpaired) electrons. The number of likely N-dealkylation sites (tertiary alicyclic amines) is 1. The number of hydrogen-bond acceptors (Lipinski definition) is 6. The zero-order valence-electron chi connectivity index (χ0n) is 18.7. The van der Waals surface area contributed by atoms with E-state index in [1.807, 2.05) is 39.1 Å². The molecule has 1 unspecified atom stereocenters. The van der Waals surface area contributed by atoms with E-state index in [1.165, 1.54) is 0 Å². The second kappa shape index (κ2) is 11.3. The summed E-state index contributed by atoms with van der Waals surface area (Å²) in [7, 11) is 3.66. The molecule has 7 nitrogen and oxygen atoms in total. The topological polar surface area (TPSA) is 98.6 Å². The molecule has 1 aliphatic rings. The summed E-state index contributed by atoms with van der Waals surface area (Å²) in [6.07, 6.45) is 7.27. The van der Waals surface area contributed by atoms with Gasteiger partial charge in [-0.25, -0.2) is 0 Å². The van der Waals surface area contributed by atoms with E-state index in [2.05, 4.69) is 32.3 Å². The van der Waals surface area contributed by atoms with Gasteiger partial charge in [0, 0.05) is 49.2 Å². The van der Waals surface area contributed by atoms with Crippen LogP contribution in [0.5, 0.6) is 5.75 Å². The van der Waals surface area contributed by atoms with Crippen LogP contribution in [0.1, 0.15) is 44.7 Å². The molecule has 1 saturated heterocycles. The normalized spacial score (nSPS) is 19.2. The molecule has 4 N–H and O–H groups in total. The number of likely N-dealkylation sites (N-methyl/N-ethyl adjacent to an activating group) is 1. The molecule has 30 heavy (non-hydrogen) atoms. The van der Waals surface area contributed by atoms with E-state index in [9.17, 15) is 5.11 Å². The van der Waals surface area contributed by atoms with Gasteiger partial charge >= 0.3 is 0 Å². The minimum atomic E-state index is 0.112. The van der Waals surface area contributed by atoms with Gasteiger partial charge in [0.2, 0.25) is 0 Å². The van der Waals surface area contributed by atoms with Crippen molar-refractivity contribution in [2.75, 3.05) is 27.2 Å². The first kappa shape index (κ1) is 23.3. The quantitative estimate of drug-likeness (QED) is 0.365. The number of benzene rings is 1. The Kier molecular flexibility index (Phi) is 8.80. The minimum Gasteiger partial charge on any atom is -0.507 e. The number of nitrogens with one attached hydrogen (secondary N) is 1. The first-order valence-electron chi connectivity index (χ1n) is 10.3. The Morgan fingerprint density at radius 1 is 1.33 bits per heavy atom. The highest BCUT2D eigenvalue weighted by atomic mass is 16.3. The largest absolute Gasteiger partial charge is 0.507 e. The van der Waals surface area contributed by atoms with Crippen molar-refractivity contribution in [2.45, 2.75) is 39.7 Å². The summed E-state index contributed by atoms with van der Waals surface area (Å²) in [6.45, 7) is 7.98. The minimum absolute atomic E-state index is 0.112. The van der Waals surface area contributed by atoms with Crippen LogP contribution >= 0.6 is 0 Å². The Morgan fingerprint density at radius 3 is 2.70 bits per heavy atom. The Labute approximate surface area is 179 Å². The molecule has 1 fully saturated rings. The fourth-order valence-corrected chi connectivity index (χ4v) is 3.15. The van der Waals surface area contributed by atoms with E-state index in [0.29, 0.717) is 23.0 Å². The molecule has 1 aliphatic heterocycles. The van der Waals surface area contributed by atoms with Gasteiger partial charge in [0.1, 0.15) is 11.6 Å². The van der Waals surface area contributed by atoms with Gasteiger partial charge in [-0.1, -0.05) is 18.6 Å². The number of phenolic OH excluding ortho intramolecular Hbond substituents is 1. The van der Waals surface area contributed by atoms with Crippen molar-refractivity contribution in [3.63, 3.8) is 0 Å². The number of rotatable bonds is 7. The summed E-state index contributed by atoms with van der Waals surface area (Å²) < 4.78 is 0. The lowest BCUT2D eigenvalue weighted by Crippen LogP contribution is -2.32. The zero-order valence-corrected chi connectivity index (χ0v) is 18.7. The standard InChI is InChI=1S/C23H34N6O/c1-6-16(2)13-22(28-27-17(3)29-12-10-19(15-29)26-5)20-8-7-18(14-23(20)30)21(24)9-11-25-4/h7-9,11,13-14,19,26,30H,6,10,12,15,24H2,1-5H3/b16-13+,21-9-,25-11?,27-17+,28-22+. The summed E-state index contributed by atoms with van der Waals surface area (Å²) in [4.78, 5) is 6.13. The van der Waals surface area contributed by atoms with Gasteiger partial charge in [0.25, 0.3) is 0 Å². The van der Waals surface area contributed by atoms with Gasteiger partial charge in [-0.2, -0.15) is 0 Å². The van der Waals surface area contributed by atoms with E-state index in [-0.39, 0.29) is 5.75 Å². The first-order chi connectivity index (χ1) is 14.4. The number of phenols is 1. The molecule has 0 spiro atoms. The molecule has 0 bridgehead atoms. The van der Waals surface area contributed by atoms with Crippen molar-refractivity contribution >= 4 is 23.5 Å². The zero-order chi connectivity index (χ0) is 22.1. The molecule has 2 rings (SSSR count). The number of nitrogens with zero attached hydrogens (tertiary/aromatic N) is 4. The van der Waals surface area contributed by atoms with Crippen LogP contribution < -0.4 is 11.1 Å². The Balaban J connectivity index is 2.37. The van der Waals surface area contributed by atoms with Crippen molar-refractivity contribution in [3.05, 3.63) is 47.1 Å².